The van der Waals surface area contributed by atoms with Gasteiger partial charge in [0, 0.05) is 50.6 Å². The van der Waals surface area contributed by atoms with Crippen LogP contribution in [0.2, 0.25) is 0 Å². The number of nitrogens with zero attached hydrogens (tertiary/aromatic N) is 4. The average Bonchev–Trinajstić information content (AvgIpc) is 3.88. The second kappa shape index (κ2) is 15.0. The van der Waals surface area contributed by atoms with Gasteiger partial charge in [0.15, 0.2) is 5.82 Å². The van der Waals surface area contributed by atoms with Crippen LogP contribution in [-0.2, 0) is 6.42 Å². The van der Waals surface area contributed by atoms with Crippen molar-refractivity contribution in [2.24, 2.45) is 0 Å². The van der Waals surface area contributed by atoms with Crippen molar-refractivity contribution < 1.29 is 0 Å². The Morgan fingerprint density at radius 3 is 1.81 bits per heavy atom. The van der Waals surface area contributed by atoms with Gasteiger partial charge in [-0.2, -0.15) is 0 Å². The molecule has 0 atom stereocenters. The van der Waals surface area contributed by atoms with E-state index in [2.05, 4.69) is 222 Å². The molecule has 0 unspecified atom stereocenters. The van der Waals surface area contributed by atoms with E-state index in [9.17, 15) is 0 Å². The smallest absolute Gasteiger partial charge is 0.160 e. The fraction of sp³-hybridized carbons (Fsp3) is 0.0169. The molecule has 0 fully saturated rings. The van der Waals surface area contributed by atoms with Crippen LogP contribution in [-0.4, -0.2) is 14.5 Å². The van der Waals surface area contributed by atoms with Crippen molar-refractivity contribution in [1.82, 2.24) is 14.5 Å². The summed E-state index contributed by atoms with van der Waals surface area (Å²) in [6.45, 7) is 4.47. The summed E-state index contributed by atoms with van der Waals surface area (Å²) in [4.78, 5) is 12.5. The Balaban J connectivity index is 0.902. The summed E-state index contributed by atoms with van der Waals surface area (Å²) < 4.78 is 2.43. The number of para-hydroxylation sites is 2. The predicted octanol–water partition coefficient (Wildman–Crippen LogP) is 15.0. The molecule has 296 valence electrons. The number of allylic oxidation sites excluding steroid dienone is 4. The normalized spacial score (nSPS) is 13.9. The second-order valence-electron chi connectivity index (χ2n) is 16.3. The van der Waals surface area contributed by atoms with Gasteiger partial charge in [0.05, 0.1) is 28.1 Å². The summed E-state index contributed by atoms with van der Waals surface area (Å²) >= 11 is 0. The van der Waals surface area contributed by atoms with E-state index >= 15 is 0 Å². The van der Waals surface area contributed by atoms with Gasteiger partial charge in [0.1, 0.15) is 0 Å². The summed E-state index contributed by atoms with van der Waals surface area (Å²) in [5.41, 5.74) is 20.3. The SMILES string of the molecule is C=C1/C=C\C=C/N(c2ccccc2)c2ccc(-c3ccc4c(c3)c3ccccc3n4-c3ccc4c(c3)Cc3cc(-c5nc(-c6ccccc6)cc(-c6ccccc6)n5)ccc3-4)cc21. The van der Waals surface area contributed by atoms with Gasteiger partial charge in [0.25, 0.3) is 0 Å². The average molecular weight is 805 g/mol. The molecule has 1 aliphatic carbocycles. The number of benzene rings is 8. The highest BCUT2D eigenvalue weighted by Crippen LogP contribution is 2.43. The van der Waals surface area contributed by atoms with Crippen LogP contribution < -0.4 is 4.90 Å². The fourth-order valence-corrected chi connectivity index (χ4v) is 9.47. The van der Waals surface area contributed by atoms with E-state index in [4.69, 9.17) is 9.97 Å². The van der Waals surface area contributed by atoms with E-state index in [-0.39, 0.29) is 0 Å². The van der Waals surface area contributed by atoms with E-state index in [1.165, 1.54) is 49.6 Å². The van der Waals surface area contributed by atoms with Crippen LogP contribution in [0.5, 0.6) is 0 Å². The zero-order valence-electron chi connectivity index (χ0n) is 34.5. The van der Waals surface area contributed by atoms with Gasteiger partial charge in [-0.3, -0.25) is 0 Å². The number of hydrogen-bond acceptors (Lipinski definition) is 3. The molecular weight excluding hydrogens is 765 g/mol. The fourth-order valence-electron chi connectivity index (χ4n) is 9.47. The van der Waals surface area contributed by atoms with E-state index < -0.39 is 0 Å². The third kappa shape index (κ3) is 6.39. The largest absolute Gasteiger partial charge is 0.317 e. The maximum atomic E-state index is 5.12. The van der Waals surface area contributed by atoms with Crippen molar-refractivity contribution >= 4 is 38.8 Å². The highest BCUT2D eigenvalue weighted by atomic mass is 15.1. The number of anilines is 2. The molecule has 0 saturated heterocycles. The maximum Gasteiger partial charge on any atom is 0.160 e. The molecule has 0 N–H and O–H groups in total. The molecule has 0 bridgehead atoms. The van der Waals surface area contributed by atoms with Gasteiger partial charge in [0.2, 0.25) is 0 Å². The Morgan fingerprint density at radius 2 is 1.05 bits per heavy atom. The lowest BCUT2D eigenvalue weighted by molar-refractivity contribution is 1.16. The van der Waals surface area contributed by atoms with Crippen molar-refractivity contribution in [2.45, 2.75) is 6.42 Å². The van der Waals surface area contributed by atoms with Gasteiger partial charge < -0.3 is 9.47 Å². The molecule has 4 nitrogen and oxygen atoms in total. The first-order valence-electron chi connectivity index (χ1n) is 21.5. The van der Waals surface area contributed by atoms with Crippen molar-refractivity contribution in [2.75, 3.05) is 4.90 Å². The Morgan fingerprint density at radius 1 is 0.429 bits per heavy atom. The van der Waals surface area contributed by atoms with Gasteiger partial charge in [-0.05, 0) is 118 Å². The first kappa shape index (κ1) is 36.5. The first-order chi connectivity index (χ1) is 31.1. The molecule has 63 heavy (non-hydrogen) atoms. The van der Waals surface area contributed by atoms with Crippen LogP contribution in [0, 0.1) is 0 Å². The monoisotopic (exact) mass is 804 g/mol. The predicted molar refractivity (Wildman–Crippen MR) is 262 cm³/mol. The van der Waals surface area contributed by atoms with Gasteiger partial charge >= 0.3 is 0 Å². The topological polar surface area (TPSA) is 34.0 Å². The lowest BCUT2D eigenvalue weighted by Gasteiger charge is -2.25. The summed E-state index contributed by atoms with van der Waals surface area (Å²) in [6, 6.07) is 69.4. The van der Waals surface area contributed by atoms with E-state index in [1.807, 2.05) is 12.1 Å². The number of hydrogen-bond donors (Lipinski definition) is 0. The maximum absolute atomic E-state index is 5.12. The van der Waals surface area contributed by atoms with E-state index in [0.717, 1.165) is 74.1 Å². The zero-order valence-corrected chi connectivity index (χ0v) is 34.5. The minimum absolute atomic E-state index is 0.730. The van der Waals surface area contributed by atoms with E-state index in [0.29, 0.717) is 0 Å². The van der Waals surface area contributed by atoms with Crippen LogP contribution in [0.4, 0.5) is 11.4 Å². The minimum Gasteiger partial charge on any atom is -0.317 e. The van der Waals surface area contributed by atoms with Crippen LogP contribution in [0.1, 0.15) is 16.7 Å². The number of fused-ring (bicyclic) bond motifs is 7. The Hall–Kier alpha value is -8.34. The quantitative estimate of drug-likeness (QED) is 0.168. The molecule has 0 radical (unpaired) electrons. The Labute approximate surface area is 366 Å². The Kier molecular flexibility index (Phi) is 8.68. The summed E-state index contributed by atoms with van der Waals surface area (Å²) in [5, 5.41) is 2.46. The molecule has 12 rings (SSSR count). The van der Waals surface area contributed by atoms with Crippen molar-refractivity contribution in [3.63, 3.8) is 0 Å². The molecular formula is C59H40N4. The molecule has 0 saturated carbocycles. The molecule has 2 aliphatic rings. The van der Waals surface area contributed by atoms with Crippen molar-refractivity contribution in [1.29, 1.82) is 0 Å². The Bertz CT molecular complexity index is 3430. The van der Waals surface area contributed by atoms with Crippen molar-refractivity contribution in [3.8, 4) is 61.8 Å². The lowest BCUT2D eigenvalue weighted by atomic mass is 9.95. The van der Waals surface area contributed by atoms with Crippen LogP contribution in [0.25, 0.3) is 89.2 Å². The minimum atomic E-state index is 0.730. The molecule has 0 spiro atoms. The standard InChI is InChI=1S/C59H40N4/c1-39-15-13-14-32-62(47-20-9-4-10-21-47)56-30-25-42(36-52(39)56)43-26-31-58-53(37-43)51-22-11-12-23-57(51)63(58)48-27-29-50-46(35-48)34-45-33-44(24-28-49(45)50)59-60-54(40-16-5-2-6-17-40)38-55(61-59)41-18-7-3-8-19-41/h2-33,35-38H,1,34H2/b15-13-,32-14-. The summed E-state index contributed by atoms with van der Waals surface area (Å²) in [6.07, 6.45) is 9.18. The van der Waals surface area contributed by atoms with Gasteiger partial charge in [-0.15, -0.1) is 0 Å². The first-order valence-corrected chi connectivity index (χ1v) is 21.5. The highest BCUT2D eigenvalue weighted by Gasteiger charge is 2.23. The molecule has 1 aliphatic heterocycles. The number of aromatic nitrogens is 3. The van der Waals surface area contributed by atoms with Gasteiger partial charge in [-0.25, -0.2) is 9.97 Å². The highest BCUT2D eigenvalue weighted by molar-refractivity contribution is 6.10. The third-order valence-electron chi connectivity index (χ3n) is 12.5. The van der Waals surface area contributed by atoms with Crippen LogP contribution in [0.3, 0.4) is 0 Å². The lowest BCUT2D eigenvalue weighted by Crippen LogP contribution is -2.11. The third-order valence-corrected chi connectivity index (χ3v) is 12.5. The second-order valence-corrected chi connectivity index (χ2v) is 16.3. The van der Waals surface area contributed by atoms with Gasteiger partial charge in [-0.1, -0.05) is 146 Å². The molecule has 8 aromatic carbocycles. The van der Waals surface area contributed by atoms with Crippen LogP contribution in [0.15, 0.2) is 225 Å². The number of rotatable bonds is 6. The molecule has 3 heterocycles. The molecule has 4 heteroatoms. The summed E-state index contributed by atoms with van der Waals surface area (Å²) in [7, 11) is 0. The molecule has 10 aromatic rings. The van der Waals surface area contributed by atoms with Crippen LogP contribution >= 0.6 is 0 Å². The van der Waals surface area contributed by atoms with Crippen molar-refractivity contribution in [3.05, 3.63) is 242 Å². The zero-order chi connectivity index (χ0) is 41.9. The summed E-state index contributed by atoms with van der Waals surface area (Å²) in [5.74, 6) is 0.730. The van der Waals surface area contributed by atoms with E-state index in [1.54, 1.807) is 0 Å². The molecule has 0 amide bonds. The molecule has 2 aromatic heterocycles.